The maximum Gasteiger partial charge on any atom is 0.260 e. The van der Waals surface area contributed by atoms with Crippen LogP contribution in [0.3, 0.4) is 0 Å². The van der Waals surface area contributed by atoms with Crippen LogP contribution in [0.4, 0.5) is 8.78 Å². The van der Waals surface area contributed by atoms with E-state index in [0.29, 0.717) is 6.54 Å². The fourth-order valence-electron chi connectivity index (χ4n) is 1.23. The number of hydrogen-bond acceptors (Lipinski definition) is 1. The number of terminal acetylenes is 1. The molecule has 0 heterocycles. The van der Waals surface area contributed by atoms with Gasteiger partial charge in [-0.05, 0) is 17.7 Å². The lowest BCUT2D eigenvalue weighted by Crippen LogP contribution is -2.31. The Morgan fingerprint density at radius 1 is 1.31 bits per heavy atom. The molecule has 0 unspecified atom stereocenters. The third kappa shape index (κ3) is 4.00. The average molecular weight is 223 g/mol. The van der Waals surface area contributed by atoms with Crippen molar-refractivity contribution in [3.63, 3.8) is 0 Å². The highest BCUT2D eigenvalue weighted by Gasteiger charge is 2.24. The molecule has 1 aromatic rings. The van der Waals surface area contributed by atoms with Gasteiger partial charge in [0, 0.05) is 18.5 Å². The molecule has 86 valence electrons. The maximum absolute atomic E-state index is 12.9. The Kier molecular flexibility index (Phi) is 4.45. The van der Waals surface area contributed by atoms with Gasteiger partial charge in [0.15, 0.2) is 0 Å². The predicted molar refractivity (Wildman–Crippen MR) is 61.3 cm³/mol. The molecule has 0 saturated carbocycles. The first-order chi connectivity index (χ1) is 7.57. The van der Waals surface area contributed by atoms with Crippen molar-refractivity contribution in [2.75, 3.05) is 6.54 Å². The van der Waals surface area contributed by atoms with E-state index >= 15 is 0 Å². The lowest BCUT2D eigenvalue weighted by molar-refractivity contribution is -0.00186. The number of benzene rings is 1. The minimum atomic E-state index is -2.63. The Bertz CT molecular complexity index is 363. The number of rotatable bonds is 5. The van der Waals surface area contributed by atoms with Crippen LogP contribution in [0.1, 0.15) is 24.5 Å². The Labute approximate surface area is 94.9 Å². The third-order valence-corrected chi connectivity index (χ3v) is 2.35. The molecule has 0 radical (unpaired) electrons. The van der Waals surface area contributed by atoms with Crippen LogP contribution in [0.2, 0.25) is 0 Å². The summed E-state index contributed by atoms with van der Waals surface area (Å²) in [7, 11) is 0. The second-order valence-electron chi connectivity index (χ2n) is 3.65. The molecule has 1 rings (SSSR count). The molecule has 0 aliphatic heterocycles. The van der Waals surface area contributed by atoms with Gasteiger partial charge in [0.25, 0.3) is 5.92 Å². The zero-order valence-corrected chi connectivity index (χ0v) is 9.26. The summed E-state index contributed by atoms with van der Waals surface area (Å²) in [5.74, 6) is -0.123. The highest BCUT2D eigenvalue weighted by atomic mass is 19.3. The topological polar surface area (TPSA) is 12.0 Å². The number of hydrogen-bond donors (Lipinski definition) is 1. The van der Waals surface area contributed by atoms with E-state index in [-0.39, 0.29) is 13.0 Å². The quantitative estimate of drug-likeness (QED) is 0.757. The van der Waals surface area contributed by atoms with Crippen molar-refractivity contribution in [1.82, 2.24) is 5.32 Å². The molecule has 0 bridgehead atoms. The van der Waals surface area contributed by atoms with Gasteiger partial charge in [-0.25, -0.2) is 8.78 Å². The summed E-state index contributed by atoms with van der Waals surface area (Å²) in [5, 5.41) is 2.73. The highest BCUT2D eigenvalue weighted by molar-refractivity contribution is 5.34. The summed E-state index contributed by atoms with van der Waals surface area (Å²) < 4.78 is 25.8. The largest absolute Gasteiger partial charge is 0.307 e. The normalized spacial score (nSPS) is 11.1. The summed E-state index contributed by atoms with van der Waals surface area (Å²) in [6.45, 7) is 1.62. The van der Waals surface area contributed by atoms with E-state index < -0.39 is 5.92 Å². The van der Waals surface area contributed by atoms with Gasteiger partial charge in [0.1, 0.15) is 0 Å². The molecule has 1 nitrogen and oxygen atoms in total. The van der Waals surface area contributed by atoms with Crippen molar-refractivity contribution < 1.29 is 8.78 Å². The van der Waals surface area contributed by atoms with Crippen molar-refractivity contribution in [1.29, 1.82) is 0 Å². The summed E-state index contributed by atoms with van der Waals surface area (Å²) in [4.78, 5) is 0. The van der Waals surface area contributed by atoms with E-state index in [9.17, 15) is 8.78 Å². The molecule has 16 heavy (non-hydrogen) atoms. The zero-order chi connectivity index (χ0) is 12.0. The molecule has 1 N–H and O–H groups in total. The van der Waals surface area contributed by atoms with Crippen molar-refractivity contribution in [2.24, 2.45) is 0 Å². The number of alkyl halides is 2. The highest BCUT2D eigenvalue weighted by Crippen LogP contribution is 2.16. The van der Waals surface area contributed by atoms with Crippen LogP contribution in [-0.4, -0.2) is 12.5 Å². The monoisotopic (exact) mass is 223 g/mol. The van der Waals surface area contributed by atoms with Crippen molar-refractivity contribution >= 4 is 0 Å². The van der Waals surface area contributed by atoms with E-state index in [1.807, 2.05) is 12.1 Å². The number of halogens is 2. The van der Waals surface area contributed by atoms with Gasteiger partial charge in [-0.15, -0.1) is 6.42 Å². The van der Waals surface area contributed by atoms with E-state index in [4.69, 9.17) is 6.42 Å². The standard InChI is InChI=1S/C13H15F2N/c1-3-11-5-7-12(8-6-11)9-16-10-13(14,15)4-2/h1,5-8,16H,4,9-10H2,2H3. The van der Waals surface area contributed by atoms with Crippen LogP contribution < -0.4 is 5.32 Å². The summed E-state index contributed by atoms with van der Waals surface area (Å²) in [6.07, 6.45) is 5.07. The molecule has 0 fully saturated rings. The van der Waals surface area contributed by atoms with Crippen molar-refractivity contribution in [3.05, 3.63) is 35.4 Å². The summed E-state index contributed by atoms with van der Waals surface area (Å²) >= 11 is 0. The van der Waals surface area contributed by atoms with Crippen LogP contribution in [-0.2, 0) is 6.54 Å². The molecule has 0 saturated heterocycles. The first kappa shape index (κ1) is 12.7. The molecular formula is C13H15F2N. The molecule has 0 aliphatic carbocycles. The van der Waals surface area contributed by atoms with Crippen LogP contribution in [0.25, 0.3) is 0 Å². The molecule has 3 heteroatoms. The van der Waals surface area contributed by atoms with E-state index in [1.165, 1.54) is 6.92 Å². The Morgan fingerprint density at radius 3 is 2.44 bits per heavy atom. The second-order valence-corrected chi connectivity index (χ2v) is 3.65. The third-order valence-electron chi connectivity index (χ3n) is 2.35. The van der Waals surface area contributed by atoms with Crippen LogP contribution >= 0.6 is 0 Å². The van der Waals surface area contributed by atoms with Gasteiger partial charge < -0.3 is 5.32 Å². The molecule has 0 atom stereocenters. The molecule has 1 aromatic carbocycles. The fraction of sp³-hybridized carbons (Fsp3) is 0.385. The summed E-state index contributed by atoms with van der Waals surface area (Å²) in [6, 6.07) is 7.28. The second kappa shape index (κ2) is 5.62. The first-order valence-corrected chi connectivity index (χ1v) is 5.21. The lowest BCUT2D eigenvalue weighted by Gasteiger charge is -2.14. The molecule has 0 spiro atoms. The zero-order valence-electron chi connectivity index (χ0n) is 9.26. The van der Waals surface area contributed by atoms with Crippen LogP contribution in [0, 0.1) is 12.3 Å². The van der Waals surface area contributed by atoms with Gasteiger partial charge in [-0.1, -0.05) is 25.0 Å². The minimum Gasteiger partial charge on any atom is -0.307 e. The fourth-order valence-corrected chi connectivity index (χ4v) is 1.23. The van der Waals surface area contributed by atoms with E-state index in [2.05, 4.69) is 11.2 Å². The number of nitrogens with one attached hydrogen (secondary N) is 1. The van der Waals surface area contributed by atoms with Gasteiger partial charge in [0.2, 0.25) is 0 Å². The smallest absolute Gasteiger partial charge is 0.260 e. The molecule has 0 amide bonds. The predicted octanol–water partition coefficient (Wildman–Crippen LogP) is 2.80. The average Bonchev–Trinajstić information content (AvgIpc) is 2.30. The van der Waals surface area contributed by atoms with E-state index in [0.717, 1.165) is 11.1 Å². The molecule has 0 aromatic heterocycles. The minimum absolute atomic E-state index is 0.143. The maximum atomic E-state index is 12.9. The van der Waals surface area contributed by atoms with Crippen molar-refractivity contribution in [2.45, 2.75) is 25.8 Å². The SMILES string of the molecule is C#Cc1ccc(CNCC(F)(F)CC)cc1. The molecular weight excluding hydrogens is 208 g/mol. The van der Waals surface area contributed by atoms with Gasteiger partial charge in [-0.2, -0.15) is 0 Å². The van der Waals surface area contributed by atoms with Gasteiger partial charge in [-0.3, -0.25) is 0 Å². The lowest BCUT2D eigenvalue weighted by atomic mass is 10.1. The van der Waals surface area contributed by atoms with E-state index in [1.54, 1.807) is 12.1 Å². The van der Waals surface area contributed by atoms with Crippen LogP contribution in [0.5, 0.6) is 0 Å². The Balaban J connectivity index is 2.41. The van der Waals surface area contributed by atoms with Gasteiger partial charge >= 0.3 is 0 Å². The van der Waals surface area contributed by atoms with Crippen molar-refractivity contribution in [3.8, 4) is 12.3 Å². The Morgan fingerprint density at radius 2 is 1.94 bits per heavy atom. The molecule has 0 aliphatic rings. The van der Waals surface area contributed by atoms with Crippen LogP contribution in [0.15, 0.2) is 24.3 Å². The Hall–Kier alpha value is -1.40. The first-order valence-electron chi connectivity index (χ1n) is 5.21. The van der Waals surface area contributed by atoms with Gasteiger partial charge in [0.05, 0.1) is 6.54 Å². The summed E-state index contributed by atoms with van der Waals surface area (Å²) in [5.41, 5.74) is 1.74.